The molecule has 26 heavy (non-hydrogen) atoms. The lowest BCUT2D eigenvalue weighted by atomic mass is 9.52. The largest absolute Gasteiger partial charge is 0.455 e. The third-order valence-electron chi connectivity index (χ3n) is 6.80. The summed E-state index contributed by atoms with van der Waals surface area (Å²) >= 11 is 0. The van der Waals surface area contributed by atoms with Gasteiger partial charge in [0, 0.05) is 13.6 Å². The van der Waals surface area contributed by atoms with E-state index in [0.717, 1.165) is 17.4 Å². The Morgan fingerprint density at radius 1 is 1.00 bits per heavy atom. The van der Waals surface area contributed by atoms with Crippen LogP contribution in [0, 0.1) is 36.5 Å². The highest BCUT2D eigenvalue weighted by molar-refractivity contribution is 5.81. The summed E-state index contributed by atoms with van der Waals surface area (Å²) < 4.78 is 5.48. The van der Waals surface area contributed by atoms with Gasteiger partial charge in [0.15, 0.2) is 6.61 Å². The van der Waals surface area contributed by atoms with Crippen LogP contribution < -0.4 is 0 Å². The lowest BCUT2D eigenvalue weighted by molar-refractivity contribution is -0.166. The molecule has 4 saturated carbocycles. The molecule has 0 unspecified atom stereocenters. The van der Waals surface area contributed by atoms with Crippen LogP contribution in [-0.4, -0.2) is 30.4 Å². The first-order chi connectivity index (χ1) is 12.5. The normalized spacial score (nSPS) is 31.7. The molecule has 0 heterocycles. The lowest BCUT2D eigenvalue weighted by Gasteiger charge is -2.53. The third kappa shape index (κ3) is 3.51. The van der Waals surface area contributed by atoms with Crippen LogP contribution in [-0.2, 0) is 20.9 Å². The number of amides is 1. The fourth-order valence-electron chi connectivity index (χ4n) is 5.70. The molecule has 0 spiro atoms. The van der Waals surface area contributed by atoms with Crippen molar-refractivity contribution in [1.82, 2.24) is 4.90 Å². The van der Waals surface area contributed by atoms with Gasteiger partial charge in [-0.15, -0.1) is 0 Å². The van der Waals surface area contributed by atoms with Gasteiger partial charge < -0.3 is 9.64 Å². The summed E-state index contributed by atoms with van der Waals surface area (Å²) in [6.07, 6.45) is 6.13. The summed E-state index contributed by atoms with van der Waals surface area (Å²) in [4.78, 5) is 26.7. The van der Waals surface area contributed by atoms with Crippen molar-refractivity contribution in [2.45, 2.75) is 45.6 Å². The minimum atomic E-state index is -0.136. The Morgan fingerprint density at radius 3 is 2.15 bits per heavy atom. The Labute approximate surface area is 155 Å². The maximum Gasteiger partial charge on any atom is 0.310 e. The highest BCUT2D eigenvalue weighted by Gasteiger charge is 2.51. The Hall–Kier alpha value is -1.84. The number of esters is 1. The van der Waals surface area contributed by atoms with E-state index in [1.54, 1.807) is 11.9 Å². The molecule has 0 N–H and O–H groups in total. The predicted octanol–water partition coefficient (Wildman–Crippen LogP) is 3.57. The number of carbonyl (C=O) groups excluding carboxylic acids is 2. The molecular formula is C22H29NO3. The number of likely N-dealkylation sites (N-methyl/N-ethyl adjacent to an activating group) is 1. The van der Waals surface area contributed by atoms with Crippen LogP contribution in [0.25, 0.3) is 0 Å². The van der Waals surface area contributed by atoms with Crippen molar-refractivity contribution in [2.75, 3.05) is 13.7 Å². The number of ether oxygens (including phenoxy) is 1. The van der Waals surface area contributed by atoms with Gasteiger partial charge >= 0.3 is 5.97 Å². The monoisotopic (exact) mass is 355 g/mol. The molecule has 140 valence electrons. The number of nitrogens with zero attached hydrogens (tertiary/aromatic N) is 1. The molecule has 0 radical (unpaired) electrons. The van der Waals surface area contributed by atoms with Gasteiger partial charge in [0.2, 0.25) is 0 Å². The summed E-state index contributed by atoms with van der Waals surface area (Å²) in [5.74, 6) is 2.45. The van der Waals surface area contributed by atoms with Crippen molar-refractivity contribution in [3.8, 4) is 0 Å². The minimum Gasteiger partial charge on any atom is -0.455 e. The van der Waals surface area contributed by atoms with Gasteiger partial charge in [-0.2, -0.15) is 0 Å². The maximum absolute atomic E-state index is 12.7. The van der Waals surface area contributed by atoms with Gasteiger partial charge in [0.05, 0.1) is 5.92 Å². The molecule has 1 aromatic carbocycles. The SMILES string of the molecule is Cc1ccc(CN(C)C(=O)COC(=O)C2C3CC4CC(C3)CC2C4)cc1. The number of rotatable bonds is 5. The standard InChI is InChI=1S/C22H29NO3/c1-14-3-5-15(6-4-14)12-23(2)20(24)13-26-22(25)21-18-8-16-7-17(10-18)11-19(21)9-16/h3-6,16-19,21H,7-13H2,1-2H3. The van der Waals surface area contributed by atoms with E-state index in [2.05, 4.69) is 0 Å². The molecule has 4 aliphatic carbocycles. The fourth-order valence-corrected chi connectivity index (χ4v) is 5.70. The first-order valence-electron chi connectivity index (χ1n) is 9.95. The first-order valence-corrected chi connectivity index (χ1v) is 9.95. The summed E-state index contributed by atoms with van der Waals surface area (Å²) in [6.45, 7) is 2.45. The van der Waals surface area contributed by atoms with Crippen molar-refractivity contribution in [1.29, 1.82) is 0 Å². The van der Waals surface area contributed by atoms with Crippen LogP contribution >= 0.6 is 0 Å². The molecule has 1 amide bonds. The quantitative estimate of drug-likeness (QED) is 0.759. The number of aryl methyl sites for hydroxylation is 1. The summed E-state index contributed by atoms with van der Waals surface area (Å²) in [7, 11) is 1.76. The zero-order valence-corrected chi connectivity index (χ0v) is 15.8. The van der Waals surface area contributed by atoms with Crippen LogP contribution in [0.4, 0.5) is 0 Å². The molecule has 4 heteroatoms. The van der Waals surface area contributed by atoms with E-state index in [1.165, 1.54) is 37.7 Å². The molecule has 4 fully saturated rings. The zero-order valence-electron chi connectivity index (χ0n) is 15.8. The molecule has 4 aliphatic rings. The molecule has 0 saturated heterocycles. The van der Waals surface area contributed by atoms with Gasteiger partial charge in [-0.1, -0.05) is 29.8 Å². The first kappa shape index (κ1) is 17.6. The highest BCUT2D eigenvalue weighted by atomic mass is 16.5. The summed E-state index contributed by atoms with van der Waals surface area (Å²) in [5, 5.41) is 0. The second-order valence-electron chi connectivity index (χ2n) is 8.80. The summed E-state index contributed by atoms with van der Waals surface area (Å²) in [5.41, 5.74) is 2.28. The van der Waals surface area contributed by atoms with Gasteiger partial charge in [0.1, 0.15) is 0 Å². The molecule has 5 rings (SSSR count). The lowest BCUT2D eigenvalue weighted by Crippen LogP contribution is -2.48. The van der Waals surface area contributed by atoms with Crippen LogP contribution in [0.15, 0.2) is 24.3 Å². The van der Waals surface area contributed by atoms with Gasteiger partial charge in [-0.05, 0) is 68.3 Å². The van der Waals surface area contributed by atoms with E-state index in [1.807, 2.05) is 31.2 Å². The van der Waals surface area contributed by atoms with E-state index in [-0.39, 0.29) is 24.4 Å². The molecule has 0 atom stereocenters. The van der Waals surface area contributed by atoms with Crippen molar-refractivity contribution >= 4 is 11.9 Å². The van der Waals surface area contributed by atoms with Crippen LogP contribution in [0.5, 0.6) is 0 Å². The van der Waals surface area contributed by atoms with Crippen LogP contribution in [0.2, 0.25) is 0 Å². The molecule has 0 aliphatic heterocycles. The molecule has 4 nitrogen and oxygen atoms in total. The van der Waals surface area contributed by atoms with Crippen molar-refractivity contribution in [3.05, 3.63) is 35.4 Å². The number of benzene rings is 1. The van der Waals surface area contributed by atoms with E-state index in [0.29, 0.717) is 18.4 Å². The van der Waals surface area contributed by atoms with Crippen molar-refractivity contribution < 1.29 is 14.3 Å². The second-order valence-corrected chi connectivity index (χ2v) is 8.80. The highest BCUT2D eigenvalue weighted by Crippen LogP contribution is 2.56. The number of hydrogen-bond donors (Lipinski definition) is 0. The third-order valence-corrected chi connectivity index (χ3v) is 6.80. The minimum absolute atomic E-state index is 0.0398. The molecular weight excluding hydrogens is 326 g/mol. The van der Waals surface area contributed by atoms with Crippen LogP contribution in [0.3, 0.4) is 0 Å². The smallest absolute Gasteiger partial charge is 0.310 e. The second kappa shape index (κ2) is 7.05. The fraction of sp³-hybridized carbons (Fsp3) is 0.636. The van der Waals surface area contributed by atoms with Gasteiger partial charge in [-0.25, -0.2) is 0 Å². The topological polar surface area (TPSA) is 46.6 Å². The Balaban J connectivity index is 1.28. The predicted molar refractivity (Wildman–Crippen MR) is 99.1 cm³/mol. The zero-order chi connectivity index (χ0) is 18.3. The van der Waals surface area contributed by atoms with Crippen molar-refractivity contribution in [2.24, 2.45) is 29.6 Å². The summed E-state index contributed by atoms with van der Waals surface area (Å²) in [6, 6.07) is 8.14. The Morgan fingerprint density at radius 2 is 1.58 bits per heavy atom. The number of carbonyl (C=O) groups is 2. The van der Waals surface area contributed by atoms with E-state index < -0.39 is 0 Å². The Kier molecular flexibility index (Phi) is 4.76. The van der Waals surface area contributed by atoms with Crippen molar-refractivity contribution in [3.63, 3.8) is 0 Å². The Bertz CT molecular complexity index is 653. The van der Waals surface area contributed by atoms with Gasteiger partial charge in [-0.3, -0.25) is 9.59 Å². The van der Waals surface area contributed by atoms with E-state index >= 15 is 0 Å². The molecule has 4 bridgehead atoms. The van der Waals surface area contributed by atoms with Gasteiger partial charge in [0.25, 0.3) is 5.91 Å². The van der Waals surface area contributed by atoms with E-state index in [9.17, 15) is 9.59 Å². The van der Waals surface area contributed by atoms with Crippen LogP contribution in [0.1, 0.15) is 43.2 Å². The average Bonchev–Trinajstić information content (AvgIpc) is 2.60. The molecule has 0 aromatic heterocycles. The van der Waals surface area contributed by atoms with E-state index in [4.69, 9.17) is 4.74 Å². The maximum atomic E-state index is 12.7. The number of hydrogen-bond acceptors (Lipinski definition) is 3. The molecule has 1 aromatic rings. The average molecular weight is 355 g/mol.